The molecule has 0 aromatic heterocycles. The summed E-state index contributed by atoms with van der Waals surface area (Å²) in [4.78, 5) is 13.8. The summed E-state index contributed by atoms with van der Waals surface area (Å²) in [5, 5.41) is -0.543. The van der Waals surface area contributed by atoms with E-state index in [4.69, 9.17) is 27.9 Å². The van der Waals surface area contributed by atoms with Crippen molar-refractivity contribution < 1.29 is 9.53 Å². The molecule has 0 aromatic rings. The maximum absolute atomic E-state index is 12.1. The van der Waals surface area contributed by atoms with Crippen molar-refractivity contribution in [2.24, 2.45) is 5.92 Å². The molecular formula is C12H15Cl2NO2. The zero-order valence-corrected chi connectivity index (χ0v) is 11.1. The van der Waals surface area contributed by atoms with E-state index in [1.165, 1.54) is 0 Å². The number of likely N-dealkylation sites (tertiary alicyclic amines) is 1. The smallest absolute Gasteiger partial charge is 0.243 e. The van der Waals surface area contributed by atoms with E-state index in [1.54, 1.807) is 12.0 Å². The number of amides is 1. The van der Waals surface area contributed by atoms with Gasteiger partial charge in [0.2, 0.25) is 5.91 Å². The van der Waals surface area contributed by atoms with E-state index >= 15 is 0 Å². The van der Waals surface area contributed by atoms with E-state index in [2.05, 4.69) is 0 Å². The molecule has 0 radical (unpaired) electrons. The Kier molecular flexibility index (Phi) is 3.81. The minimum absolute atomic E-state index is 0.0165. The molecule has 1 saturated heterocycles. The number of ether oxygens (including phenoxy) is 1. The Labute approximate surface area is 111 Å². The van der Waals surface area contributed by atoms with Crippen LogP contribution in [0.15, 0.2) is 24.3 Å². The fourth-order valence-corrected chi connectivity index (χ4v) is 2.94. The third-order valence-corrected chi connectivity index (χ3v) is 4.30. The van der Waals surface area contributed by atoms with Crippen LogP contribution in [0, 0.1) is 5.92 Å². The minimum atomic E-state index is -0.695. The molecule has 2 rings (SSSR count). The average molecular weight is 276 g/mol. The SMILES string of the molecule is COC1(N2CC(CCl)C(Cl)C2=O)C=CC=CC1. The van der Waals surface area contributed by atoms with Crippen LogP contribution in [0.25, 0.3) is 0 Å². The topological polar surface area (TPSA) is 29.5 Å². The van der Waals surface area contributed by atoms with E-state index in [0.717, 1.165) is 0 Å². The maximum atomic E-state index is 12.1. The summed E-state index contributed by atoms with van der Waals surface area (Å²) >= 11 is 11.9. The quantitative estimate of drug-likeness (QED) is 0.739. The van der Waals surface area contributed by atoms with Gasteiger partial charge in [0, 0.05) is 31.9 Å². The van der Waals surface area contributed by atoms with Gasteiger partial charge in [-0.05, 0) is 6.08 Å². The normalized spacial score (nSPS) is 36.9. The lowest BCUT2D eigenvalue weighted by Crippen LogP contribution is -2.50. The molecule has 5 heteroatoms. The van der Waals surface area contributed by atoms with Crippen LogP contribution in [-0.4, -0.2) is 41.4 Å². The minimum Gasteiger partial charge on any atom is -0.355 e. The maximum Gasteiger partial charge on any atom is 0.243 e. The van der Waals surface area contributed by atoms with Gasteiger partial charge in [0.05, 0.1) is 0 Å². The molecule has 17 heavy (non-hydrogen) atoms. The van der Waals surface area contributed by atoms with Crippen LogP contribution < -0.4 is 0 Å². The summed E-state index contributed by atoms with van der Waals surface area (Å²) in [5.74, 6) is 0.270. The summed E-state index contributed by atoms with van der Waals surface area (Å²) in [7, 11) is 1.61. The van der Waals surface area contributed by atoms with Crippen LogP contribution in [-0.2, 0) is 9.53 Å². The van der Waals surface area contributed by atoms with E-state index in [9.17, 15) is 4.79 Å². The molecule has 0 spiro atoms. The first-order chi connectivity index (χ1) is 8.14. The van der Waals surface area contributed by atoms with Crippen LogP contribution >= 0.6 is 23.2 Å². The number of halogens is 2. The highest BCUT2D eigenvalue weighted by Crippen LogP contribution is 2.35. The molecule has 0 saturated carbocycles. The second kappa shape index (κ2) is 5.01. The van der Waals surface area contributed by atoms with Gasteiger partial charge in [0.1, 0.15) is 5.38 Å². The largest absolute Gasteiger partial charge is 0.355 e. The Morgan fingerprint density at radius 2 is 2.35 bits per heavy atom. The number of hydrogen-bond acceptors (Lipinski definition) is 2. The van der Waals surface area contributed by atoms with E-state index in [-0.39, 0.29) is 11.8 Å². The number of carbonyl (C=O) groups excluding carboxylic acids is 1. The lowest BCUT2D eigenvalue weighted by atomic mass is 10.0. The lowest BCUT2D eigenvalue weighted by molar-refractivity contribution is -0.149. The summed E-state index contributed by atoms with van der Waals surface area (Å²) in [6.07, 6.45) is 8.34. The number of methoxy groups -OCH3 is 1. The molecule has 0 N–H and O–H groups in total. The van der Waals surface area contributed by atoms with E-state index < -0.39 is 11.1 Å². The van der Waals surface area contributed by atoms with Crippen molar-refractivity contribution in [3.05, 3.63) is 24.3 Å². The Morgan fingerprint density at radius 1 is 1.59 bits per heavy atom. The first-order valence-electron chi connectivity index (χ1n) is 5.55. The fourth-order valence-electron chi connectivity index (χ4n) is 2.29. The molecular weight excluding hydrogens is 261 g/mol. The Morgan fingerprint density at radius 3 is 2.82 bits per heavy atom. The highest BCUT2D eigenvalue weighted by Gasteiger charge is 2.48. The van der Waals surface area contributed by atoms with Crippen molar-refractivity contribution in [3.8, 4) is 0 Å². The molecule has 1 amide bonds. The summed E-state index contributed by atoms with van der Waals surface area (Å²) < 4.78 is 5.54. The van der Waals surface area contributed by atoms with E-state index in [0.29, 0.717) is 18.8 Å². The highest BCUT2D eigenvalue weighted by molar-refractivity contribution is 6.32. The average Bonchev–Trinajstić information content (AvgIpc) is 2.67. The third-order valence-electron chi connectivity index (χ3n) is 3.36. The molecule has 94 valence electrons. The first-order valence-corrected chi connectivity index (χ1v) is 6.53. The van der Waals surface area contributed by atoms with Gasteiger partial charge < -0.3 is 9.64 Å². The van der Waals surface area contributed by atoms with Crippen LogP contribution in [0.3, 0.4) is 0 Å². The number of allylic oxidation sites excluding steroid dienone is 2. The Hall–Kier alpha value is -0.510. The molecule has 3 nitrogen and oxygen atoms in total. The van der Waals surface area contributed by atoms with E-state index in [1.807, 2.05) is 24.3 Å². The van der Waals surface area contributed by atoms with Crippen molar-refractivity contribution in [2.45, 2.75) is 17.5 Å². The van der Waals surface area contributed by atoms with Crippen LogP contribution in [0.4, 0.5) is 0 Å². The molecule has 3 atom stereocenters. The fraction of sp³-hybridized carbons (Fsp3) is 0.583. The zero-order chi connectivity index (χ0) is 12.5. The van der Waals surface area contributed by atoms with Crippen LogP contribution in [0.5, 0.6) is 0 Å². The molecule has 1 fully saturated rings. The van der Waals surface area contributed by atoms with Crippen molar-refractivity contribution in [1.82, 2.24) is 4.90 Å². The number of hydrogen-bond donors (Lipinski definition) is 0. The number of nitrogens with zero attached hydrogens (tertiary/aromatic N) is 1. The lowest BCUT2D eigenvalue weighted by Gasteiger charge is -2.38. The van der Waals surface area contributed by atoms with Gasteiger partial charge in [-0.25, -0.2) is 0 Å². The number of carbonyl (C=O) groups is 1. The van der Waals surface area contributed by atoms with Crippen molar-refractivity contribution in [3.63, 3.8) is 0 Å². The molecule has 1 aliphatic heterocycles. The Bertz CT molecular complexity index is 370. The molecule has 2 aliphatic rings. The molecule has 0 bridgehead atoms. The van der Waals surface area contributed by atoms with Gasteiger partial charge in [-0.1, -0.05) is 18.2 Å². The van der Waals surface area contributed by atoms with Crippen LogP contribution in [0.1, 0.15) is 6.42 Å². The van der Waals surface area contributed by atoms with Gasteiger partial charge in [-0.2, -0.15) is 0 Å². The molecule has 1 heterocycles. The predicted molar refractivity (Wildman–Crippen MR) is 68.2 cm³/mol. The van der Waals surface area contributed by atoms with Gasteiger partial charge in [-0.15, -0.1) is 23.2 Å². The van der Waals surface area contributed by atoms with Crippen molar-refractivity contribution in [1.29, 1.82) is 0 Å². The summed E-state index contributed by atoms with van der Waals surface area (Å²) in [6.45, 7) is 0.544. The molecule has 0 aromatic carbocycles. The second-order valence-corrected chi connectivity index (χ2v) is 5.08. The zero-order valence-electron chi connectivity index (χ0n) is 9.61. The second-order valence-electron chi connectivity index (χ2n) is 4.31. The van der Waals surface area contributed by atoms with Gasteiger partial charge >= 0.3 is 0 Å². The predicted octanol–water partition coefficient (Wildman–Crippen LogP) is 2.15. The highest BCUT2D eigenvalue weighted by atomic mass is 35.5. The van der Waals surface area contributed by atoms with Crippen molar-refractivity contribution >= 4 is 29.1 Å². The van der Waals surface area contributed by atoms with Crippen molar-refractivity contribution in [2.75, 3.05) is 19.5 Å². The first kappa shape index (κ1) is 12.9. The number of alkyl halides is 2. The third kappa shape index (κ3) is 2.12. The molecule has 1 aliphatic carbocycles. The number of rotatable bonds is 3. The van der Waals surface area contributed by atoms with Gasteiger partial charge in [0.25, 0.3) is 0 Å². The van der Waals surface area contributed by atoms with Gasteiger partial charge in [0.15, 0.2) is 5.72 Å². The molecule has 3 unspecified atom stereocenters. The monoisotopic (exact) mass is 275 g/mol. The summed E-state index contributed by atoms with van der Waals surface area (Å²) in [6, 6.07) is 0. The summed E-state index contributed by atoms with van der Waals surface area (Å²) in [5.41, 5.74) is -0.695. The Balaban J connectivity index is 2.25. The van der Waals surface area contributed by atoms with Crippen LogP contribution in [0.2, 0.25) is 0 Å². The standard InChI is InChI=1S/C12H15Cl2NO2/c1-17-12(5-3-2-4-6-12)15-8-9(7-13)10(14)11(15)16/h2-5,9-10H,6-8H2,1H3. The van der Waals surface area contributed by atoms with Gasteiger partial charge in [-0.3, -0.25) is 4.79 Å².